The van der Waals surface area contributed by atoms with E-state index in [1.54, 1.807) is 6.07 Å². The van der Waals surface area contributed by atoms with E-state index in [4.69, 9.17) is 18.0 Å². The van der Waals surface area contributed by atoms with Gasteiger partial charge in [0.1, 0.15) is 0 Å². The van der Waals surface area contributed by atoms with Crippen LogP contribution < -0.4 is 5.32 Å². The highest BCUT2D eigenvalue weighted by molar-refractivity contribution is 7.16. The lowest BCUT2D eigenvalue weighted by Crippen LogP contribution is -2.24. The molecule has 0 saturated heterocycles. The Labute approximate surface area is 85.9 Å². The average Bonchev–Trinajstić information content (AvgIpc) is 2.51. The van der Waals surface area contributed by atoms with Gasteiger partial charge in [0.05, 0.1) is 10.4 Å². The van der Waals surface area contributed by atoms with E-state index in [1.807, 2.05) is 18.9 Å². The molecule has 0 spiro atoms. The van der Waals surface area contributed by atoms with Crippen molar-refractivity contribution in [3.05, 3.63) is 21.3 Å². The minimum Gasteiger partial charge on any atom is -0.338 e. The number of thiophene rings is 1. The minimum atomic E-state index is -0.406. The summed E-state index contributed by atoms with van der Waals surface area (Å²) in [7, 11) is 0. The largest absolute Gasteiger partial charge is 0.338 e. The highest BCUT2D eigenvalue weighted by Crippen LogP contribution is 2.26. The van der Waals surface area contributed by atoms with Gasteiger partial charge < -0.3 is 5.32 Å². The Kier molecular flexibility index (Phi) is 3.35. The molecule has 0 radical (unpaired) electrons. The smallest absolute Gasteiger partial charge is 0.296 e. The summed E-state index contributed by atoms with van der Waals surface area (Å²) in [6.07, 6.45) is 4.92. The number of hydrogen-bond acceptors (Lipinski definition) is 2. The van der Waals surface area contributed by atoms with E-state index in [2.05, 4.69) is 5.32 Å². The molecule has 1 N–H and O–H groups in total. The van der Waals surface area contributed by atoms with Crippen molar-refractivity contribution in [2.75, 3.05) is 0 Å². The summed E-state index contributed by atoms with van der Waals surface area (Å²) < 4.78 is 0.705. The zero-order chi connectivity index (χ0) is 9.84. The number of rotatable bonds is 2. The summed E-state index contributed by atoms with van der Waals surface area (Å²) >= 11 is 7.17. The maximum Gasteiger partial charge on any atom is 0.296 e. The van der Waals surface area contributed by atoms with Crippen LogP contribution >= 0.6 is 22.9 Å². The van der Waals surface area contributed by atoms with Crippen molar-refractivity contribution in [1.29, 1.82) is 0 Å². The van der Waals surface area contributed by atoms with Gasteiger partial charge in [-0.25, -0.2) is 0 Å². The van der Waals surface area contributed by atoms with E-state index in [0.29, 0.717) is 4.34 Å². The van der Waals surface area contributed by atoms with Crippen molar-refractivity contribution >= 4 is 28.8 Å². The fraction of sp³-hybridized carbons (Fsp3) is 0.222. The van der Waals surface area contributed by atoms with Crippen LogP contribution in [0.1, 0.15) is 17.8 Å². The normalized spacial score (nSPS) is 11.8. The molecule has 0 bridgehead atoms. The zero-order valence-electron chi connectivity index (χ0n) is 7.00. The Morgan fingerprint density at radius 3 is 2.92 bits per heavy atom. The quantitative estimate of drug-likeness (QED) is 0.750. The summed E-state index contributed by atoms with van der Waals surface area (Å²) in [6.45, 7) is 1.86. The molecule has 1 heterocycles. The van der Waals surface area contributed by atoms with E-state index in [1.165, 1.54) is 11.3 Å². The van der Waals surface area contributed by atoms with E-state index >= 15 is 0 Å². The zero-order valence-corrected chi connectivity index (χ0v) is 8.58. The molecule has 0 saturated carbocycles. The van der Waals surface area contributed by atoms with E-state index in [0.717, 1.165) is 4.88 Å². The molecule has 13 heavy (non-hydrogen) atoms. The van der Waals surface area contributed by atoms with Crippen LogP contribution in [0.25, 0.3) is 0 Å². The second kappa shape index (κ2) is 4.31. The van der Waals surface area contributed by atoms with Crippen molar-refractivity contribution in [1.82, 2.24) is 5.32 Å². The monoisotopic (exact) mass is 213 g/mol. The third kappa shape index (κ3) is 2.76. The maximum absolute atomic E-state index is 10.8. The highest BCUT2D eigenvalue weighted by Gasteiger charge is 2.09. The Balaban J connectivity index is 2.64. The molecular formula is C9H8ClNOS. The Morgan fingerprint density at radius 1 is 1.77 bits per heavy atom. The molecule has 0 aliphatic carbocycles. The number of terminal acetylenes is 1. The van der Waals surface area contributed by atoms with Crippen LogP contribution in [0.15, 0.2) is 12.1 Å². The molecule has 1 amide bonds. The lowest BCUT2D eigenvalue weighted by molar-refractivity contribution is -0.116. The molecular weight excluding hydrogens is 206 g/mol. The summed E-state index contributed by atoms with van der Waals surface area (Å²) in [5.74, 6) is 1.59. The molecule has 0 aromatic carbocycles. The van der Waals surface area contributed by atoms with Gasteiger partial charge in [0, 0.05) is 4.88 Å². The Hall–Kier alpha value is -0.980. The SMILES string of the molecule is C#CC(=O)N[C@@H](C)c1ccc(Cl)s1. The Morgan fingerprint density at radius 2 is 2.46 bits per heavy atom. The molecule has 1 rings (SSSR count). The second-order valence-corrected chi connectivity index (χ2v) is 4.23. The molecule has 68 valence electrons. The molecule has 0 unspecified atom stereocenters. The first kappa shape index (κ1) is 10.1. The third-order valence-electron chi connectivity index (χ3n) is 1.50. The van der Waals surface area contributed by atoms with Crippen LogP contribution in [0.2, 0.25) is 4.34 Å². The Bertz CT molecular complexity index is 353. The van der Waals surface area contributed by atoms with Gasteiger partial charge in [-0.1, -0.05) is 11.6 Å². The summed E-state index contributed by atoms with van der Waals surface area (Å²) in [4.78, 5) is 11.8. The number of halogens is 1. The number of carbonyl (C=O) groups is 1. The maximum atomic E-state index is 10.8. The van der Waals surface area contributed by atoms with Crippen molar-refractivity contribution in [3.8, 4) is 12.3 Å². The van der Waals surface area contributed by atoms with Crippen LogP contribution in [-0.2, 0) is 4.79 Å². The van der Waals surface area contributed by atoms with Crippen molar-refractivity contribution in [2.45, 2.75) is 13.0 Å². The molecule has 1 aromatic heterocycles. The molecule has 4 heteroatoms. The number of hydrogen-bond donors (Lipinski definition) is 1. The standard InChI is InChI=1S/C9H8ClNOS/c1-3-9(12)11-6(2)7-4-5-8(10)13-7/h1,4-6H,2H3,(H,11,12)/t6-/m0/s1. The van der Waals surface area contributed by atoms with Gasteiger partial charge in [-0.3, -0.25) is 4.79 Å². The van der Waals surface area contributed by atoms with Gasteiger partial charge in [0.25, 0.3) is 5.91 Å². The van der Waals surface area contributed by atoms with Gasteiger partial charge in [-0.05, 0) is 25.0 Å². The highest BCUT2D eigenvalue weighted by atomic mass is 35.5. The third-order valence-corrected chi connectivity index (χ3v) is 2.91. The fourth-order valence-electron chi connectivity index (χ4n) is 0.870. The number of nitrogens with one attached hydrogen (secondary N) is 1. The summed E-state index contributed by atoms with van der Waals surface area (Å²) in [5.41, 5.74) is 0. The average molecular weight is 214 g/mol. The number of amides is 1. The molecule has 0 fully saturated rings. The van der Waals surface area contributed by atoms with Gasteiger partial charge in [-0.2, -0.15) is 0 Å². The summed E-state index contributed by atoms with van der Waals surface area (Å²) in [5, 5.41) is 2.64. The lowest BCUT2D eigenvalue weighted by Gasteiger charge is -2.08. The van der Waals surface area contributed by atoms with Crippen LogP contribution in [0, 0.1) is 12.3 Å². The van der Waals surface area contributed by atoms with Gasteiger partial charge in [-0.15, -0.1) is 17.8 Å². The topological polar surface area (TPSA) is 29.1 Å². The van der Waals surface area contributed by atoms with Crippen molar-refractivity contribution < 1.29 is 4.79 Å². The first-order valence-electron chi connectivity index (χ1n) is 3.66. The van der Waals surface area contributed by atoms with E-state index < -0.39 is 5.91 Å². The molecule has 1 atom stereocenters. The predicted molar refractivity (Wildman–Crippen MR) is 54.7 cm³/mol. The van der Waals surface area contributed by atoms with Gasteiger partial charge in [0.15, 0.2) is 0 Å². The predicted octanol–water partition coefficient (Wildman–Crippen LogP) is 2.21. The summed E-state index contributed by atoms with van der Waals surface area (Å²) in [6, 6.07) is 3.58. The van der Waals surface area contributed by atoms with Crippen LogP contribution in [-0.4, -0.2) is 5.91 Å². The molecule has 2 nitrogen and oxygen atoms in total. The molecule has 0 aliphatic rings. The van der Waals surface area contributed by atoms with Crippen molar-refractivity contribution in [2.24, 2.45) is 0 Å². The lowest BCUT2D eigenvalue weighted by atomic mass is 10.3. The van der Waals surface area contributed by atoms with Crippen LogP contribution in [0.3, 0.4) is 0 Å². The second-order valence-electron chi connectivity index (χ2n) is 2.48. The molecule has 0 aliphatic heterocycles. The van der Waals surface area contributed by atoms with Crippen LogP contribution in [0.5, 0.6) is 0 Å². The first-order chi connectivity index (χ1) is 6.13. The fourth-order valence-corrected chi connectivity index (χ4v) is 1.93. The molecule has 1 aromatic rings. The minimum absolute atomic E-state index is 0.0824. The number of carbonyl (C=O) groups excluding carboxylic acids is 1. The van der Waals surface area contributed by atoms with Gasteiger partial charge >= 0.3 is 0 Å². The van der Waals surface area contributed by atoms with E-state index in [9.17, 15) is 4.79 Å². The first-order valence-corrected chi connectivity index (χ1v) is 4.85. The van der Waals surface area contributed by atoms with Crippen LogP contribution in [0.4, 0.5) is 0 Å². The van der Waals surface area contributed by atoms with Crippen molar-refractivity contribution in [3.63, 3.8) is 0 Å². The van der Waals surface area contributed by atoms with Gasteiger partial charge in [0.2, 0.25) is 0 Å². The van der Waals surface area contributed by atoms with E-state index in [-0.39, 0.29) is 6.04 Å².